The van der Waals surface area contributed by atoms with Gasteiger partial charge in [0.05, 0.1) is 23.5 Å². The molecule has 6 heteroatoms. The van der Waals surface area contributed by atoms with Crippen LogP contribution >= 0.6 is 0 Å². The first kappa shape index (κ1) is 15.5. The fraction of sp³-hybridized carbons (Fsp3) is 0.412. The number of piperazine rings is 1. The molecule has 0 unspecified atom stereocenters. The maximum atomic E-state index is 14.1. The number of hydrogen-bond acceptors (Lipinski definition) is 4. The van der Waals surface area contributed by atoms with E-state index in [1.165, 1.54) is 11.6 Å². The molecule has 3 rings (SSSR count). The summed E-state index contributed by atoms with van der Waals surface area (Å²) in [6.07, 6.45) is 3.99. The number of hydrogen-bond donors (Lipinski definition) is 0. The summed E-state index contributed by atoms with van der Waals surface area (Å²) in [4.78, 5) is 4.40. The van der Waals surface area contributed by atoms with Crippen molar-refractivity contribution in [2.45, 2.75) is 20.0 Å². The summed E-state index contributed by atoms with van der Waals surface area (Å²) in [5, 5.41) is 13.1. The zero-order chi connectivity index (χ0) is 16.2. The molecule has 0 spiro atoms. The molecule has 2 heterocycles. The summed E-state index contributed by atoms with van der Waals surface area (Å²) in [7, 11) is 0. The minimum Gasteiger partial charge on any atom is -0.367 e. The minimum absolute atomic E-state index is 0.318. The summed E-state index contributed by atoms with van der Waals surface area (Å²) in [6, 6.07) is 6.64. The quantitative estimate of drug-likeness (QED) is 0.868. The summed E-state index contributed by atoms with van der Waals surface area (Å²) in [5.41, 5.74) is 2.16. The van der Waals surface area contributed by atoms with Gasteiger partial charge in [0, 0.05) is 51.0 Å². The lowest BCUT2D eigenvalue weighted by molar-refractivity contribution is 0.249. The third-order valence-electron chi connectivity index (χ3n) is 4.21. The van der Waals surface area contributed by atoms with E-state index in [0.717, 1.165) is 39.3 Å². The Balaban J connectivity index is 1.59. The third-order valence-corrected chi connectivity index (χ3v) is 4.21. The van der Waals surface area contributed by atoms with Crippen molar-refractivity contribution in [2.24, 2.45) is 0 Å². The molecule has 5 nitrogen and oxygen atoms in total. The van der Waals surface area contributed by atoms with E-state index >= 15 is 0 Å². The molecule has 0 N–H and O–H groups in total. The van der Waals surface area contributed by atoms with Crippen LogP contribution in [0.15, 0.2) is 30.6 Å². The number of aromatic nitrogens is 2. The van der Waals surface area contributed by atoms with Crippen molar-refractivity contribution in [1.82, 2.24) is 14.7 Å². The lowest BCUT2D eigenvalue weighted by Gasteiger charge is -2.36. The van der Waals surface area contributed by atoms with Crippen molar-refractivity contribution < 1.29 is 4.39 Å². The van der Waals surface area contributed by atoms with Gasteiger partial charge < -0.3 is 4.90 Å². The van der Waals surface area contributed by atoms with Crippen LogP contribution in [-0.2, 0) is 13.1 Å². The topological polar surface area (TPSA) is 48.1 Å². The Morgan fingerprint density at radius 1 is 1.26 bits per heavy atom. The molecular weight excluding hydrogens is 293 g/mol. The fourth-order valence-corrected chi connectivity index (χ4v) is 2.90. The predicted octanol–water partition coefficient (Wildman–Crippen LogP) is 2.24. The van der Waals surface area contributed by atoms with Gasteiger partial charge in [-0.3, -0.25) is 9.58 Å². The van der Waals surface area contributed by atoms with E-state index in [9.17, 15) is 4.39 Å². The van der Waals surface area contributed by atoms with E-state index < -0.39 is 0 Å². The van der Waals surface area contributed by atoms with E-state index in [4.69, 9.17) is 5.26 Å². The van der Waals surface area contributed by atoms with Crippen molar-refractivity contribution in [3.63, 3.8) is 0 Å². The molecule has 2 aromatic rings. The van der Waals surface area contributed by atoms with Gasteiger partial charge in [-0.25, -0.2) is 4.39 Å². The first-order chi connectivity index (χ1) is 11.2. The second-order valence-corrected chi connectivity index (χ2v) is 5.75. The van der Waals surface area contributed by atoms with Gasteiger partial charge in [0.15, 0.2) is 0 Å². The Labute approximate surface area is 135 Å². The highest BCUT2D eigenvalue weighted by atomic mass is 19.1. The van der Waals surface area contributed by atoms with E-state index in [0.29, 0.717) is 11.3 Å². The molecular formula is C17H20FN5. The Bertz CT molecular complexity index is 710. The molecule has 1 aliphatic heterocycles. The van der Waals surface area contributed by atoms with Crippen molar-refractivity contribution in [3.05, 3.63) is 47.5 Å². The maximum Gasteiger partial charge on any atom is 0.147 e. The zero-order valence-electron chi connectivity index (χ0n) is 13.2. The molecule has 0 radical (unpaired) electrons. The van der Waals surface area contributed by atoms with E-state index in [1.54, 1.807) is 12.1 Å². The van der Waals surface area contributed by atoms with Gasteiger partial charge in [-0.15, -0.1) is 0 Å². The molecule has 0 aliphatic carbocycles. The second-order valence-electron chi connectivity index (χ2n) is 5.75. The van der Waals surface area contributed by atoms with Crippen molar-refractivity contribution >= 4 is 5.69 Å². The first-order valence-corrected chi connectivity index (χ1v) is 7.88. The van der Waals surface area contributed by atoms with Crippen LogP contribution in [0.1, 0.15) is 18.1 Å². The summed E-state index contributed by atoms with van der Waals surface area (Å²) in [5.74, 6) is -0.318. The summed E-state index contributed by atoms with van der Waals surface area (Å²) >= 11 is 0. The van der Waals surface area contributed by atoms with Crippen LogP contribution in [0.5, 0.6) is 0 Å². The predicted molar refractivity (Wildman–Crippen MR) is 86.5 cm³/mol. The van der Waals surface area contributed by atoms with Crippen LogP contribution in [-0.4, -0.2) is 40.9 Å². The number of benzene rings is 1. The highest BCUT2D eigenvalue weighted by Gasteiger charge is 2.20. The molecule has 0 atom stereocenters. The molecule has 1 saturated heterocycles. The Hall–Kier alpha value is -2.39. The number of aryl methyl sites for hydroxylation is 1. The first-order valence-electron chi connectivity index (χ1n) is 7.88. The summed E-state index contributed by atoms with van der Waals surface area (Å²) < 4.78 is 16.0. The molecule has 1 aromatic carbocycles. The van der Waals surface area contributed by atoms with Gasteiger partial charge in [0.25, 0.3) is 0 Å². The highest BCUT2D eigenvalue weighted by Crippen LogP contribution is 2.22. The molecule has 0 bridgehead atoms. The van der Waals surface area contributed by atoms with Crippen LogP contribution in [0.3, 0.4) is 0 Å². The van der Waals surface area contributed by atoms with E-state index in [2.05, 4.69) is 23.1 Å². The Morgan fingerprint density at radius 3 is 2.65 bits per heavy atom. The normalized spacial score (nSPS) is 15.6. The lowest BCUT2D eigenvalue weighted by Crippen LogP contribution is -2.46. The molecule has 120 valence electrons. The number of anilines is 1. The monoisotopic (exact) mass is 313 g/mol. The van der Waals surface area contributed by atoms with Crippen LogP contribution in [0.2, 0.25) is 0 Å². The van der Waals surface area contributed by atoms with Crippen molar-refractivity contribution in [1.29, 1.82) is 5.26 Å². The standard InChI is InChI=1S/C17H20FN5/c1-2-23-13-15(11-20-23)12-21-5-7-22(8-6-21)17-4-3-14(10-19)9-16(17)18/h3-4,9,11,13H,2,5-8,12H2,1H3. The van der Waals surface area contributed by atoms with Gasteiger partial charge in [0.1, 0.15) is 5.82 Å². The zero-order valence-corrected chi connectivity index (χ0v) is 13.2. The van der Waals surface area contributed by atoms with Crippen LogP contribution in [0.4, 0.5) is 10.1 Å². The Kier molecular flexibility index (Phi) is 4.58. The minimum atomic E-state index is -0.318. The van der Waals surface area contributed by atoms with E-state index in [-0.39, 0.29) is 5.82 Å². The number of halogens is 1. The van der Waals surface area contributed by atoms with Gasteiger partial charge in [-0.05, 0) is 25.1 Å². The highest BCUT2D eigenvalue weighted by molar-refractivity contribution is 5.51. The van der Waals surface area contributed by atoms with E-state index in [1.807, 2.05) is 21.8 Å². The summed E-state index contributed by atoms with van der Waals surface area (Å²) in [6.45, 7) is 7.17. The molecule has 0 saturated carbocycles. The van der Waals surface area contributed by atoms with Crippen molar-refractivity contribution in [2.75, 3.05) is 31.1 Å². The number of nitrogens with zero attached hydrogens (tertiary/aromatic N) is 5. The van der Waals surface area contributed by atoms with Crippen LogP contribution in [0, 0.1) is 17.1 Å². The van der Waals surface area contributed by atoms with Gasteiger partial charge >= 0.3 is 0 Å². The number of nitriles is 1. The van der Waals surface area contributed by atoms with Crippen LogP contribution in [0.25, 0.3) is 0 Å². The molecule has 1 aliphatic rings. The molecule has 1 fully saturated rings. The molecule has 23 heavy (non-hydrogen) atoms. The lowest BCUT2D eigenvalue weighted by atomic mass is 10.1. The third kappa shape index (κ3) is 3.51. The average molecular weight is 313 g/mol. The SMILES string of the molecule is CCn1cc(CN2CCN(c3ccc(C#N)cc3F)CC2)cn1. The smallest absolute Gasteiger partial charge is 0.147 e. The Morgan fingerprint density at radius 2 is 2.04 bits per heavy atom. The van der Waals surface area contributed by atoms with Gasteiger partial charge in [-0.2, -0.15) is 10.4 Å². The van der Waals surface area contributed by atoms with Crippen molar-refractivity contribution in [3.8, 4) is 6.07 Å². The van der Waals surface area contributed by atoms with Crippen LogP contribution < -0.4 is 4.90 Å². The largest absolute Gasteiger partial charge is 0.367 e. The second kappa shape index (κ2) is 6.80. The fourth-order valence-electron chi connectivity index (χ4n) is 2.90. The van der Waals surface area contributed by atoms with Gasteiger partial charge in [-0.1, -0.05) is 0 Å². The molecule has 0 amide bonds. The van der Waals surface area contributed by atoms with Gasteiger partial charge in [0.2, 0.25) is 0 Å². The maximum absolute atomic E-state index is 14.1. The average Bonchev–Trinajstić information content (AvgIpc) is 3.03. The molecule has 1 aromatic heterocycles. The number of rotatable bonds is 4.